The van der Waals surface area contributed by atoms with E-state index in [1.54, 1.807) is 6.07 Å². The van der Waals surface area contributed by atoms with Crippen molar-refractivity contribution in [2.75, 3.05) is 37.6 Å². The molecule has 0 saturated carbocycles. The number of H-pyrrole nitrogens is 1. The maximum Gasteiger partial charge on any atom is 0.293 e. The van der Waals surface area contributed by atoms with E-state index >= 15 is 0 Å². The van der Waals surface area contributed by atoms with Crippen LogP contribution in [0.15, 0.2) is 53.1 Å². The highest BCUT2D eigenvalue weighted by molar-refractivity contribution is 6.06. The van der Waals surface area contributed by atoms with Crippen molar-refractivity contribution in [3.8, 4) is 6.07 Å². The molecule has 0 radical (unpaired) electrons. The van der Waals surface area contributed by atoms with Gasteiger partial charge in [-0.1, -0.05) is 20.3 Å². The van der Waals surface area contributed by atoms with Crippen LogP contribution >= 0.6 is 0 Å². The maximum absolute atomic E-state index is 12.6. The normalized spacial score (nSPS) is 15.6. The number of nitrogens with one attached hydrogen (secondary N) is 2. The number of fused-ring (bicyclic) bond motifs is 2. The molecule has 9 nitrogen and oxygen atoms in total. The van der Waals surface area contributed by atoms with Crippen molar-refractivity contribution in [3.05, 3.63) is 65.5 Å². The van der Waals surface area contributed by atoms with Crippen LogP contribution in [-0.2, 0) is 11.2 Å². The highest BCUT2D eigenvalue weighted by Crippen LogP contribution is 2.26. The fraction of sp³-hybridized carbons (Fsp3) is 0.406. The zero-order chi connectivity index (χ0) is 28.9. The standard InChI is InChI=1S/C32H38N6O3/c1-3-21(2)30(34)32(40)36-31(39)29-18-24-17-25(8-10-28(24)41-29)38-14-12-37(13-15-38)11-5-4-6-23-20-35-27-9-7-22(19-33)16-26(23)27/h7-10,16-18,20-21,30,35H,3-6,11-15,34H2,1-2H3,(H,36,39,40). The molecule has 4 N–H and O–H groups in total. The summed E-state index contributed by atoms with van der Waals surface area (Å²) in [5.41, 5.74) is 10.7. The van der Waals surface area contributed by atoms with Crippen molar-refractivity contribution in [2.24, 2.45) is 11.7 Å². The van der Waals surface area contributed by atoms with E-state index in [0.717, 1.165) is 80.4 Å². The van der Waals surface area contributed by atoms with Crippen molar-refractivity contribution in [2.45, 2.75) is 45.6 Å². The first-order chi connectivity index (χ1) is 19.9. The third kappa shape index (κ3) is 6.45. The van der Waals surface area contributed by atoms with Gasteiger partial charge in [0.25, 0.3) is 5.91 Å². The number of aryl methyl sites for hydroxylation is 1. The maximum atomic E-state index is 12.6. The van der Waals surface area contributed by atoms with Crippen molar-refractivity contribution >= 4 is 39.4 Å². The van der Waals surface area contributed by atoms with Gasteiger partial charge in [-0.25, -0.2) is 0 Å². The molecular formula is C32H38N6O3. The number of aromatic nitrogens is 1. The van der Waals surface area contributed by atoms with E-state index in [-0.39, 0.29) is 11.7 Å². The Morgan fingerprint density at radius 1 is 1.12 bits per heavy atom. The Morgan fingerprint density at radius 2 is 1.93 bits per heavy atom. The Morgan fingerprint density at radius 3 is 2.68 bits per heavy atom. The lowest BCUT2D eigenvalue weighted by Crippen LogP contribution is -2.46. The predicted octanol–water partition coefficient (Wildman–Crippen LogP) is 4.56. The molecule has 9 heteroatoms. The average molecular weight is 555 g/mol. The van der Waals surface area contributed by atoms with Crippen LogP contribution in [0.5, 0.6) is 0 Å². The van der Waals surface area contributed by atoms with Crippen molar-refractivity contribution < 1.29 is 14.0 Å². The second-order valence-corrected chi connectivity index (χ2v) is 11.0. The van der Waals surface area contributed by atoms with Crippen LogP contribution in [0.4, 0.5) is 5.69 Å². The van der Waals surface area contributed by atoms with Gasteiger partial charge in [-0.2, -0.15) is 5.26 Å². The number of unbranched alkanes of at least 4 members (excludes halogenated alkanes) is 1. The Kier molecular flexibility index (Phi) is 8.72. The number of hydrogen-bond acceptors (Lipinski definition) is 7. The van der Waals surface area contributed by atoms with E-state index in [1.807, 2.05) is 50.2 Å². The van der Waals surface area contributed by atoms with Crippen LogP contribution < -0.4 is 16.0 Å². The molecule has 2 aromatic carbocycles. The summed E-state index contributed by atoms with van der Waals surface area (Å²) in [6.45, 7) is 8.76. The quantitative estimate of drug-likeness (QED) is 0.245. The molecule has 5 rings (SSSR count). The molecule has 0 spiro atoms. The van der Waals surface area contributed by atoms with Crippen molar-refractivity contribution in [3.63, 3.8) is 0 Å². The second kappa shape index (κ2) is 12.6. The number of amides is 2. The van der Waals surface area contributed by atoms with Gasteiger partial charge in [0, 0.05) is 54.4 Å². The van der Waals surface area contributed by atoms with Gasteiger partial charge in [0.2, 0.25) is 5.91 Å². The van der Waals surface area contributed by atoms with Gasteiger partial charge in [-0.05, 0) is 79.8 Å². The molecule has 1 aliphatic heterocycles. The lowest BCUT2D eigenvalue weighted by molar-refractivity contribution is -0.122. The largest absolute Gasteiger partial charge is 0.451 e. The van der Waals surface area contributed by atoms with Crippen molar-refractivity contribution in [1.29, 1.82) is 5.26 Å². The first-order valence-electron chi connectivity index (χ1n) is 14.5. The first-order valence-corrected chi connectivity index (χ1v) is 14.5. The van der Waals surface area contributed by atoms with Gasteiger partial charge in [-0.15, -0.1) is 0 Å². The number of carbonyl (C=O) groups excluding carboxylic acids is 2. The minimum atomic E-state index is -0.739. The Bertz CT molecular complexity index is 1570. The molecule has 1 aliphatic rings. The summed E-state index contributed by atoms with van der Waals surface area (Å²) in [6.07, 6.45) is 6.05. The number of aromatic amines is 1. The number of nitriles is 1. The molecule has 3 heterocycles. The van der Waals surface area contributed by atoms with Crippen molar-refractivity contribution in [1.82, 2.24) is 15.2 Å². The number of rotatable bonds is 10. The van der Waals surface area contributed by atoms with E-state index in [2.05, 4.69) is 32.4 Å². The van der Waals surface area contributed by atoms with Gasteiger partial charge in [0.15, 0.2) is 5.76 Å². The first kappa shape index (κ1) is 28.4. The summed E-state index contributed by atoms with van der Waals surface area (Å²) >= 11 is 0. The van der Waals surface area contributed by atoms with E-state index in [4.69, 9.17) is 10.2 Å². The molecule has 4 aromatic rings. The van der Waals surface area contributed by atoms with Gasteiger partial charge in [-0.3, -0.25) is 19.8 Å². The van der Waals surface area contributed by atoms with Crippen LogP contribution in [-0.4, -0.2) is 60.5 Å². The summed E-state index contributed by atoms with van der Waals surface area (Å²) in [7, 11) is 0. The number of anilines is 1. The molecule has 1 fully saturated rings. The fourth-order valence-electron chi connectivity index (χ4n) is 5.44. The topological polar surface area (TPSA) is 131 Å². The minimum Gasteiger partial charge on any atom is -0.451 e. The SMILES string of the molecule is CCC(C)C(N)C(=O)NC(=O)c1cc2cc(N3CCN(CCCCc4c[nH]c5ccc(C#N)cc45)CC3)ccc2o1. The highest BCUT2D eigenvalue weighted by atomic mass is 16.3. The van der Waals surface area contributed by atoms with Crippen LogP contribution in [0, 0.1) is 17.2 Å². The number of piperazine rings is 1. The molecule has 2 aromatic heterocycles. The summed E-state index contributed by atoms with van der Waals surface area (Å²) in [5, 5.41) is 13.6. The van der Waals surface area contributed by atoms with Crippen LogP contribution in [0.1, 0.15) is 54.8 Å². The number of nitrogens with zero attached hydrogens (tertiary/aromatic N) is 3. The molecule has 2 atom stereocenters. The third-order valence-electron chi connectivity index (χ3n) is 8.32. The predicted molar refractivity (Wildman–Crippen MR) is 161 cm³/mol. The summed E-state index contributed by atoms with van der Waals surface area (Å²) in [5.74, 6) is -0.983. The molecule has 1 saturated heterocycles. The average Bonchev–Trinajstić information content (AvgIpc) is 3.62. The van der Waals surface area contributed by atoms with Gasteiger partial charge >= 0.3 is 0 Å². The fourth-order valence-corrected chi connectivity index (χ4v) is 5.44. The van der Waals surface area contributed by atoms with Gasteiger partial charge < -0.3 is 20.0 Å². The molecule has 0 bridgehead atoms. The molecule has 2 unspecified atom stereocenters. The van der Waals surface area contributed by atoms with E-state index in [9.17, 15) is 14.9 Å². The summed E-state index contributed by atoms with van der Waals surface area (Å²) < 4.78 is 5.73. The smallest absolute Gasteiger partial charge is 0.293 e. The Balaban J connectivity index is 1.10. The Hall–Kier alpha value is -4.13. The monoisotopic (exact) mass is 554 g/mol. The molecule has 2 amide bonds. The lowest BCUT2D eigenvalue weighted by atomic mass is 9.99. The van der Waals surface area contributed by atoms with E-state index in [0.29, 0.717) is 11.1 Å². The highest BCUT2D eigenvalue weighted by Gasteiger charge is 2.24. The summed E-state index contributed by atoms with van der Waals surface area (Å²) in [6, 6.07) is 14.9. The minimum absolute atomic E-state index is 0.0218. The zero-order valence-electron chi connectivity index (χ0n) is 23.8. The number of benzene rings is 2. The molecule has 214 valence electrons. The molecular weight excluding hydrogens is 516 g/mol. The lowest BCUT2D eigenvalue weighted by Gasteiger charge is -2.36. The third-order valence-corrected chi connectivity index (χ3v) is 8.32. The zero-order valence-corrected chi connectivity index (χ0v) is 23.8. The van der Waals surface area contributed by atoms with Crippen LogP contribution in [0.25, 0.3) is 21.9 Å². The number of imide groups is 1. The molecule has 0 aliphatic carbocycles. The number of carbonyl (C=O) groups is 2. The molecule has 41 heavy (non-hydrogen) atoms. The van der Waals surface area contributed by atoms with E-state index in [1.165, 1.54) is 5.56 Å². The Labute approximate surface area is 240 Å². The van der Waals surface area contributed by atoms with Gasteiger partial charge in [0.1, 0.15) is 5.58 Å². The second-order valence-electron chi connectivity index (χ2n) is 11.0. The van der Waals surface area contributed by atoms with E-state index < -0.39 is 17.9 Å². The van der Waals surface area contributed by atoms with Crippen LogP contribution in [0.3, 0.4) is 0 Å². The number of nitrogens with two attached hydrogens (primary N) is 1. The number of furan rings is 1. The van der Waals surface area contributed by atoms with Crippen LogP contribution in [0.2, 0.25) is 0 Å². The summed E-state index contributed by atoms with van der Waals surface area (Å²) in [4.78, 5) is 33.1. The number of hydrogen-bond donors (Lipinski definition) is 3. The van der Waals surface area contributed by atoms with Gasteiger partial charge in [0.05, 0.1) is 17.7 Å².